The Morgan fingerprint density at radius 1 is 1.36 bits per heavy atom. The molecule has 120 valence electrons. The van der Waals surface area contributed by atoms with E-state index in [1.807, 2.05) is 13.8 Å². The smallest absolute Gasteiger partial charge is 0.308 e. The molecule has 3 atom stereocenters. The number of carboxylic acids is 1. The quantitative estimate of drug-likeness (QED) is 0.846. The highest BCUT2D eigenvalue weighted by Crippen LogP contribution is 2.27. The van der Waals surface area contributed by atoms with Gasteiger partial charge in [0.05, 0.1) is 5.92 Å². The van der Waals surface area contributed by atoms with Crippen LogP contribution in [0.2, 0.25) is 0 Å². The summed E-state index contributed by atoms with van der Waals surface area (Å²) in [5.74, 6) is -1.22. The molecule has 1 aromatic carbocycles. The minimum Gasteiger partial charge on any atom is -0.481 e. The van der Waals surface area contributed by atoms with Gasteiger partial charge < -0.3 is 10.0 Å². The number of hydrogen-bond acceptors (Lipinski definition) is 3. The summed E-state index contributed by atoms with van der Waals surface area (Å²) in [7, 11) is 0. The van der Waals surface area contributed by atoms with Crippen molar-refractivity contribution in [2.75, 3.05) is 18.8 Å². The Morgan fingerprint density at radius 2 is 2.00 bits per heavy atom. The predicted octanol–water partition coefficient (Wildman–Crippen LogP) is 2.73. The summed E-state index contributed by atoms with van der Waals surface area (Å²) in [5, 5.41) is 9.12. The van der Waals surface area contributed by atoms with Gasteiger partial charge in [0.25, 0.3) is 0 Å². The number of halogens is 1. The Hall–Kier alpha value is -1.56. The van der Waals surface area contributed by atoms with E-state index in [4.69, 9.17) is 5.11 Å². The van der Waals surface area contributed by atoms with Gasteiger partial charge in [-0.3, -0.25) is 9.59 Å². The maximum absolute atomic E-state index is 12.8. The van der Waals surface area contributed by atoms with E-state index in [9.17, 15) is 14.0 Å². The minimum absolute atomic E-state index is 0.00906. The zero-order valence-electron chi connectivity index (χ0n) is 12.7. The van der Waals surface area contributed by atoms with Crippen molar-refractivity contribution in [1.29, 1.82) is 0 Å². The monoisotopic (exact) mass is 325 g/mol. The Kier molecular flexibility index (Phi) is 5.45. The lowest BCUT2D eigenvalue weighted by Crippen LogP contribution is -2.35. The number of carbonyl (C=O) groups excluding carboxylic acids is 1. The Labute approximate surface area is 133 Å². The van der Waals surface area contributed by atoms with Crippen molar-refractivity contribution in [1.82, 2.24) is 4.90 Å². The highest BCUT2D eigenvalue weighted by molar-refractivity contribution is 7.99. The van der Waals surface area contributed by atoms with Crippen molar-refractivity contribution in [2.24, 2.45) is 17.8 Å². The summed E-state index contributed by atoms with van der Waals surface area (Å²) in [6.07, 6.45) is 0. The third kappa shape index (κ3) is 4.00. The van der Waals surface area contributed by atoms with Crippen LogP contribution in [0.15, 0.2) is 29.2 Å². The van der Waals surface area contributed by atoms with Gasteiger partial charge in [0.2, 0.25) is 5.91 Å². The van der Waals surface area contributed by atoms with E-state index >= 15 is 0 Å². The fourth-order valence-corrected chi connectivity index (χ4v) is 3.52. The highest BCUT2D eigenvalue weighted by Gasteiger charge is 2.37. The lowest BCUT2D eigenvalue weighted by molar-refractivity contribution is -0.142. The third-order valence-electron chi connectivity index (χ3n) is 3.98. The van der Waals surface area contributed by atoms with Gasteiger partial charge in [-0.1, -0.05) is 13.8 Å². The van der Waals surface area contributed by atoms with Crippen molar-refractivity contribution in [3.63, 3.8) is 0 Å². The number of nitrogens with zero attached hydrogens (tertiary/aromatic N) is 1. The molecular weight excluding hydrogens is 305 g/mol. The van der Waals surface area contributed by atoms with Crippen LogP contribution in [-0.4, -0.2) is 40.7 Å². The van der Waals surface area contributed by atoms with Crippen LogP contribution in [0.5, 0.6) is 0 Å². The molecule has 0 aromatic heterocycles. The van der Waals surface area contributed by atoms with E-state index in [0.717, 1.165) is 4.90 Å². The molecule has 1 fully saturated rings. The second-order valence-corrected chi connectivity index (χ2v) is 6.92. The summed E-state index contributed by atoms with van der Waals surface area (Å²) in [6.45, 7) is 4.50. The van der Waals surface area contributed by atoms with Gasteiger partial charge in [-0.05, 0) is 30.2 Å². The number of amides is 1. The van der Waals surface area contributed by atoms with Gasteiger partial charge in [-0.15, -0.1) is 11.8 Å². The average molecular weight is 325 g/mol. The first-order valence-electron chi connectivity index (χ1n) is 7.28. The SMILES string of the molecule is CC(CSc1ccc(F)cc1)C(=O)N1C[C@@H](C)[C@H](C(=O)O)C1. The van der Waals surface area contributed by atoms with Gasteiger partial charge in [0.15, 0.2) is 0 Å². The number of carbonyl (C=O) groups is 2. The van der Waals surface area contributed by atoms with Crippen LogP contribution in [0, 0.1) is 23.6 Å². The standard InChI is InChI=1S/C16H20FNO3S/c1-10-7-18(8-14(10)16(20)21)15(19)11(2)9-22-13-5-3-12(17)4-6-13/h3-6,10-11,14H,7-9H2,1-2H3,(H,20,21)/t10-,11?,14-/m1/s1. The lowest BCUT2D eigenvalue weighted by atomic mass is 9.99. The van der Waals surface area contributed by atoms with Gasteiger partial charge in [0, 0.05) is 29.7 Å². The molecular formula is C16H20FNO3S. The summed E-state index contributed by atoms with van der Waals surface area (Å²) in [6, 6.07) is 6.17. The van der Waals surface area contributed by atoms with Crippen molar-refractivity contribution < 1.29 is 19.1 Å². The molecule has 4 nitrogen and oxygen atoms in total. The molecule has 0 radical (unpaired) electrons. The van der Waals surface area contributed by atoms with Gasteiger partial charge in [0.1, 0.15) is 5.82 Å². The van der Waals surface area contributed by atoms with Crippen LogP contribution in [0.3, 0.4) is 0 Å². The largest absolute Gasteiger partial charge is 0.481 e. The molecule has 6 heteroatoms. The number of aliphatic carboxylic acids is 1. The van der Waals surface area contributed by atoms with E-state index in [1.54, 1.807) is 17.0 Å². The van der Waals surface area contributed by atoms with Crippen molar-refractivity contribution in [3.05, 3.63) is 30.1 Å². The molecule has 0 bridgehead atoms. The molecule has 0 spiro atoms. The molecule has 2 rings (SSSR count). The minimum atomic E-state index is -0.837. The highest BCUT2D eigenvalue weighted by atomic mass is 32.2. The van der Waals surface area contributed by atoms with Crippen LogP contribution in [0.1, 0.15) is 13.8 Å². The fraction of sp³-hybridized carbons (Fsp3) is 0.500. The number of hydrogen-bond donors (Lipinski definition) is 1. The Bertz CT molecular complexity index is 549. The predicted molar refractivity (Wildman–Crippen MR) is 83.2 cm³/mol. The maximum atomic E-state index is 12.8. The first kappa shape index (κ1) is 16.8. The zero-order chi connectivity index (χ0) is 16.3. The topological polar surface area (TPSA) is 57.6 Å². The number of rotatable bonds is 5. The van der Waals surface area contributed by atoms with E-state index in [-0.39, 0.29) is 23.6 Å². The lowest BCUT2D eigenvalue weighted by Gasteiger charge is -2.20. The van der Waals surface area contributed by atoms with Crippen molar-refractivity contribution in [3.8, 4) is 0 Å². The normalized spacial score (nSPS) is 22.6. The fourth-order valence-electron chi connectivity index (χ4n) is 2.60. The summed E-state index contributed by atoms with van der Waals surface area (Å²) >= 11 is 1.50. The number of thioether (sulfide) groups is 1. The summed E-state index contributed by atoms with van der Waals surface area (Å²) in [5.41, 5.74) is 0. The molecule has 0 aliphatic carbocycles. The summed E-state index contributed by atoms with van der Waals surface area (Å²) < 4.78 is 12.8. The van der Waals surface area contributed by atoms with Gasteiger partial charge in [-0.25, -0.2) is 4.39 Å². The van der Waals surface area contributed by atoms with Crippen LogP contribution in [0.4, 0.5) is 4.39 Å². The molecule has 1 unspecified atom stereocenters. The first-order valence-corrected chi connectivity index (χ1v) is 8.27. The Balaban J connectivity index is 1.87. The molecule has 1 heterocycles. The summed E-state index contributed by atoms with van der Waals surface area (Å²) in [4.78, 5) is 26.1. The van der Waals surface area contributed by atoms with Gasteiger partial charge >= 0.3 is 5.97 Å². The van der Waals surface area contributed by atoms with Crippen molar-refractivity contribution >= 4 is 23.6 Å². The van der Waals surface area contributed by atoms with Crippen LogP contribution in [0.25, 0.3) is 0 Å². The number of carboxylic acid groups (broad SMARTS) is 1. The molecule has 1 aliphatic heterocycles. The number of benzene rings is 1. The zero-order valence-corrected chi connectivity index (χ0v) is 13.5. The van der Waals surface area contributed by atoms with Crippen LogP contribution in [-0.2, 0) is 9.59 Å². The average Bonchev–Trinajstić information content (AvgIpc) is 2.87. The van der Waals surface area contributed by atoms with E-state index in [2.05, 4.69) is 0 Å². The molecule has 1 aliphatic rings. The van der Waals surface area contributed by atoms with E-state index in [1.165, 1.54) is 23.9 Å². The maximum Gasteiger partial charge on any atom is 0.308 e. The van der Waals surface area contributed by atoms with Crippen LogP contribution >= 0.6 is 11.8 Å². The molecule has 0 saturated carbocycles. The van der Waals surface area contributed by atoms with Crippen molar-refractivity contribution in [2.45, 2.75) is 18.7 Å². The first-order chi connectivity index (χ1) is 10.4. The molecule has 1 saturated heterocycles. The van der Waals surface area contributed by atoms with E-state index < -0.39 is 11.9 Å². The second kappa shape index (κ2) is 7.13. The number of likely N-dealkylation sites (tertiary alicyclic amines) is 1. The molecule has 1 aromatic rings. The molecule has 1 amide bonds. The second-order valence-electron chi connectivity index (χ2n) is 5.83. The van der Waals surface area contributed by atoms with E-state index in [0.29, 0.717) is 18.8 Å². The molecule has 1 N–H and O–H groups in total. The Morgan fingerprint density at radius 3 is 2.55 bits per heavy atom. The van der Waals surface area contributed by atoms with Gasteiger partial charge in [-0.2, -0.15) is 0 Å². The molecule has 22 heavy (non-hydrogen) atoms. The van der Waals surface area contributed by atoms with Crippen LogP contribution < -0.4 is 0 Å². The third-order valence-corrected chi connectivity index (χ3v) is 5.25.